The van der Waals surface area contributed by atoms with E-state index in [9.17, 15) is 14.4 Å². The molecule has 0 fully saturated rings. The van der Waals surface area contributed by atoms with Crippen molar-refractivity contribution >= 4 is 29.7 Å². The number of urea groups is 1. The van der Waals surface area contributed by atoms with E-state index in [-0.39, 0.29) is 24.4 Å². The second-order valence-corrected chi connectivity index (χ2v) is 6.61. The fourth-order valence-corrected chi connectivity index (χ4v) is 1.94. The van der Waals surface area contributed by atoms with Crippen LogP contribution in [0.4, 0.5) is 4.79 Å². The summed E-state index contributed by atoms with van der Waals surface area (Å²) in [5, 5.41) is 16.6. The number of nitrogens with one attached hydrogen (secondary N) is 3. The van der Waals surface area contributed by atoms with Gasteiger partial charge < -0.3 is 21.1 Å². The summed E-state index contributed by atoms with van der Waals surface area (Å²) in [5.41, 5.74) is -0.314. The molecule has 0 spiro atoms. The van der Waals surface area contributed by atoms with Crippen molar-refractivity contribution in [3.05, 3.63) is 0 Å². The molecule has 7 nitrogen and oxygen atoms in total. The number of hydrogen-bond donors (Lipinski definition) is 4. The van der Waals surface area contributed by atoms with Crippen molar-refractivity contribution in [2.75, 3.05) is 18.6 Å². The van der Waals surface area contributed by atoms with Crippen LogP contribution in [-0.4, -0.2) is 53.1 Å². The van der Waals surface area contributed by atoms with Gasteiger partial charge in [-0.25, -0.2) is 9.59 Å². The molecule has 0 aromatic carbocycles. The molecule has 21 heavy (non-hydrogen) atoms. The van der Waals surface area contributed by atoms with Crippen LogP contribution in [0.15, 0.2) is 0 Å². The molecule has 0 bridgehead atoms. The van der Waals surface area contributed by atoms with Crippen LogP contribution < -0.4 is 16.0 Å². The highest BCUT2D eigenvalue weighted by Crippen LogP contribution is 2.01. The molecule has 0 aliphatic rings. The van der Waals surface area contributed by atoms with E-state index in [1.165, 1.54) is 11.8 Å². The first kappa shape index (κ1) is 19.6. The van der Waals surface area contributed by atoms with Crippen molar-refractivity contribution < 1.29 is 19.5 Å². The molecule has 0 heterocycles. The summed E-state index contributed by atoms with van der Waals surface area (Å²) < 4.78 is 0. The molecule has 122 valence electrons. The van der Waals surface area contributed by atoms with Gasteiger partial charge in [-0.1, -0.05) is 0 Å². The standard InChI is InChI=1S/C13H25N3O4S/c1-13(2,3)16-10(17)5-7-14-12(20)15-9(11(18)19)6-8-21-4/h9H,5-8H2,1-4H3,(H,16,17)(H,18,19)(H2,14,15,20)/t9-/m1/s1. The molecule has 0 unspecified atom stereocenters. The van der Waals surface area contributed by atoms with E-state index in [4.69, 9.17) is 5.11 Å². The number of rotatable bonds is 8. The van der Waals surface area contributed by atoms with Crippen LogP contribution in [0.1, 0.15) is 33.6 Å². The average molecular weight is 319 g/mol. The lowest BCUT2D eigenvalue weighted by atomic mass is 10.1. The summed E-state index contributed by atoms with van der Waals surface area (Å²) in [6.45, 7) is 5.76. The minimum atomic E-state index is -1.07. The van der Waals surface area contributed by atoms with E-state index in [1.54, 1.807) is 0 Å². The monoisotopic (exact) mass is 319 g/mol. The third-order valence-corrected chi connectivity index (χ3v) is 3.01. The second-order valence-electron chi connectivity index (χ2n) is 5.62. The lowest BCUT2D eigenvalue weighted by Crippen LogP contribution is -2.47. The van der Waals surface area contributed by atoms with Crippen molar-refractivity contribution in [1.29, 1.82) is 0 Å². The summed E-state index contributed by atoms with van der Waals surface area (Å²) in [5.74, 6) is -0.588. The van der Waals surface area contributed by atoms with Crippen molar-refractivity contribution in [2.45, 2.75) is 45.2 Å². The molecule has 0 aromatic rings. The third-order valence-electron chi connectivity index (χ3n) is 2.37. The molecule has 0 saturated heterocycles. The number of carboxylic acid groups (broad SMARTS) is 1. The number of amides is 3. The van der Waals surface area contributed by atoms with Crippen LogP contribution in [-0.2, 0) is 9.59 Å². The Balaban J connectivity index is 4.03. The number of carbonyl (C=O) groups excluding carboxylic acids is 2. The number of carbonyl (C=O) groups is 3. The lowest BCUT2D eigenvalue weighted by molar-refractivity contribution is -0.139. The van der Waals surface area contributed by atoms with Gasteiger partial charge >= 0.3 is 12.0 Å². The third kappa shape index (κ3) is 10.9. The topological polar surface area (TPSA) is 108 Å². The Kier molecular flexibility index (Phi) is 8.84. The molecule has 0 aliphatic heterocycles. The van der Waals surface area contributed by atoms with Gasteiger partial charge in [-0.3, -0.25) is 4.79 Å². The highest BCUT2D eigenvalue weighted by molar-refractivity contribution is 7.98. The van der Waals surface area contributed by atoms with Crippen molar-refractivity contribution in [1.82, 2.24) is 16.0 Å². The molecule has 1 atom stereocenters. The second kappa shape index (κ2) is 9.49. The Morgan fingerprint density at radius 3 is 2.33 bits per heavy atom. The smallest absolute Gasteiger partial charge is 0.326 e. The first-order valence-corrected chi connectivity index (χ1v) is 8.12. The van der Waals surface area contributed by atoms with Gasteiger partial charge in [0.15, 0.2) is 0 Å². The number of thioether (sulfide) groups is 1. The van der Waals surface area contributed by atoms with Crippen LogP contribution in [0.5, 0.6) is 0 Å². The van der Waals surface area contributed by atoms with Crippen LogP contribution in [0.2, 0.25) is 0 Å². The van der Waals surface area contributed by atoms with E-state index in [1.807, 2.05) is 27.0 Å². The minimum absolute atomic E-state index is 0.146. The van der Waals surface area contributed by atoms with Gasteiger partial charge in [0.1, 0.15) is 6.04 Å². The summed E-state index contributed by atoms with van der Waals surface area (Å²) >= 11 is 1.51. The Morgan fingerprint density at radius 1 is 1.24 bits per heavy atom. The predicted molar refractivity (Wildman–Crippen MR) is 83.5 cm³/mol. The van der Waals surface area contributed by atoms with Gasteiger partial charge in [-0.2, -0.15) is 11.8 Å². The zero-order valence-corrected chi connectivity index (χ0v) is 13.8. The summed E-state index contributed by atoms with van der Waals surface area (Å²) in [6.07, 6.45) is 2.37. The van der Waals surface area contributed by atoms with Crippen LogP contribution in [0.3, 0.4) is 0 Å². The first-order chi connectivity index (χ1) is 9.65. The van der Waals surface area contributed by atoms with E-state index in [0.29, 0.717) is 12.2 Å². The molecule has 4 N–H and O–H groups in total. The maximum atomic E-state index is 11.6. The van der Waals surface area contributed by atoms with Gasteiger partial charge in [0.05, 0.1) is 0 Å². The summed E-state index contributed by atoms with van der Waals surface area (Å²) in [7, 11) is 0. The van der Waals surface area contributed by atoms with Gasteiger partial charge in [0.2, 0.25) is 5.91 Å². The van der Waals surface area contributed by atoms with E-state index in [2.05, 4.69) is 16.0 Å². The van der Waals surface area contributed by atoms with Crippen LogP contribution in [0.25, 0.3) is 0 Å². The highest BCUT2D eigenvalue weighted by atomic mass is 32.2. The fraction of sp³-hybridized carbons (Fsp3) is 0.769. The zero-order valence-electron chi connectivity index (χ0n) is 13.0. The van der Waals surface area contributed by atoms with Crippen LogP contribution in [0, 0.1) is 0 Å². The van der Waals surface area contributed by atoms with E-state index < -0.39 is 18.0 Å². The quantitative estimate of drug-likeness (QED) is 0.529. The maximum Gasteiger partial charge on any atom is 0.326 e. The molecule has 8 heteroatoms. The molecule has 0 radical (unpaired) electrons. The maximum absolute atomic E-state index is 11.6. The lowest BCUT2D eigenvalue weighted by Gasteiger charge is -2.20. The molecular formula is C13H25N3O4S. The van der Waals surface area contributed by atoms with E-state index >= 15 is 0 Å². The van der Waals surface area contributed by atoms with Gasteiger partial charge in [-0.15, -0.1) is 0 Å². The fourth-order valence-electron chi connectivity index (χ4n) is 1.47. The Bertz CT molecular complexity index is 369. The van der Waals surface area contributed by atoms with Gasteiger partial charge in [-0.05, 0) is 39.2 Å². The normalized spacial score (nSPS) is 12.4. The van der Waals surface area contributed by atoms with E-state index in [0.717, 1.165) is 0 Å². The Labute approximate surface area is 129 Å². The average Bonchev–Trinajstić information content (AvgIpc) is 2.31. The van der Waals surface area contributed by atoms with Crippen molar-refractivity contribution in [3.8, 4) is 0 Å². The first-order valence-electron chi connectivity index (χ1n) is 6.73. The number of hydrogen-bond acceptors (Lipinski definition) is 4. The van der Waals surface area contributed by atoms with Gasteiger partial charge in [0.25, 0.3) is 0 Å². The summed E-state index contributed by atoms with van der Waals surface area (Å²) in [4.78, 5) is 34.1. The highest BCUT2D eigenvalue weighted by Gasteiger charge is 2.19. The molecule has 3 amide bonds. The van der Waals surface area contributed by atoms with Crippen molar-refractivity contribution in [2.24, 2.45) is 0 Å². The number of aliphatic carboxylic acids is 1. The molecular weight excluding hydrogens is 294 g/mol. The Hall–Kier alpha value is -1.44. The molecule has 0 aromatic heterocycles. The molecule has 0 saturated carbocycles. The SMILES string of the molecule is CSCC[C@@H](NC(=O)NCCC(=O)NC(C)(C)C)C(=O)O. The number of carboxylic acids is 1. The summed E-state index contributed by atoms with van der Waals surface area (Å²) in [6, 6.07) is -1.49. The Morgan fingerprint density at radius 2 is 1.86 bits per heavy atom. The molecule has 0 rings (SSSR count). The van der Waals surface area contributed by atoms with Gasteiger partial charge in [0, 0.05) is 18.5 Å². The largest absolute Gasteiger partial charge is 0.480 e. The zero-order chi connectivity index (χ0) is 16.5. The van der Waals surface area contributed by atoms with Crippen molar-refractivity contribution in [3.63, 3.8) is 0 Å². The predicted octanol–water partition coefficient (Wildman–Crippen LogP) is 0.797. The van der Waals surface area contributed by atoms with Crippen LogP contribution >= 0.6 is 11.8 Å². The minimum Gasteiger partial charge on any atom is -0.480 e. The molecule has 0 aliphatic carbocycles.